The van der Waals surface area contributed by atoms with E-state index in [1.807, 2.05) is 6.92 Å². The zero-order chi connectivity index (χ0) is 39.2. The number of hydrogen-bond donors (Lipinski definition) is 6. The number of amides is 5. The fourth-order valence-corrected chi connectivity index (χ4v) is 6.79. The molecule has 2 rings (SSSR count). The molecule has 1 unspecified atom stereocenters. The Kier molecular flexibility index (Phi) is 18.3. The molecule has 14 nitrogen and oxygen atoms in total. The lowest BCUT2D eigenvalue weighted by Gasteiger charge is -2.36. The summed E-state index contributed by atoms with van der Waals surface area (Å²) in [6, 6.07) is -5.52. The minimum atomic E-state index is -4.86. The first-order valence-electron chi connectivity index (χ1n) is 18.5. The Balaban J connectivity index is 2.70. The second-order valence-electron chi connectivity index (χ2n) is 14.5. The van der Waals surface area contributed by atoms with Gasteiger partial charge in [-0.2, -0.15) is 13.2 Å². The van der Waals surface area contributed by atoms with Gasteiger partial charge in [0, 0.05) is 13.6 Å². The number of aliphatic hydroxyl groups is 1. The number of hydrogen-bond acceptors (Lipinski definition) is 9. The summed E-state index contributed by atoms with van der Waals surface area (Å²) in [6.45, 7) is 5.41. The van der Waals surface area contributed by atoms with Crippen molar-refractivity contribution in [3.8, 4) is 0 Å². The van der Waals surface area contributed by atoms with Crippen LogP contribution in [0.1, 0.15) is 105 Å². The van der Waals surface area contributed by atoms with E-state index in [9.17, 15) is 47.0 Å². The molecule has 7 atom stereocenters. The largest absolute Gasteiger partial charge is 0.460 e. The molecule has 1 heterocycles. The number of nitrogens with zero attached hydrogens (tertiary/aromatic N) is 1. The van der Waals surface area contributed by atoms with Crippen LogP contribution in [0.4, 0.5) is 13.2 Å². The molecule has 298 valence electrons. The highest BCUT2D eigenvalue weighted by Crippen LogP contribution is 2.32. The van der Waals surface area contributed by atoms with Gasteiger partial charge in [-0.1, -0.05) is 59.3 Å². The molecule has 0 bridgehead atoms. The quantitative estimate of drug-likeness (QED) is 0.134. The van der Waals surface area contributed by atoms with Crippen LogP contribution in [-0.4, -0.2) is 108 Å². The average Bonchev–Trinajstić information content (AvgIpc) is 3.08. The summed E-state index contributed by atoms with van der Waals surface area (Å²) in [4.78, 5) is 82.5. The summed E-state index contributed by atoms with van der Waals surface area (Å²) < 4.78 is 47.9. The van der Waals surface area contributed by atoms with Gasteiger partial charge in [0.2, 0.25) is 29.5 Å². The van der Waals surface area contributed by atoms with E-state index >= 15 is 0 Å². The number of unbranched alkanes of at least 4 members (excludes halogenated alkanes) is 3. The van der Waals surface area contributed by atoms with Gasteiger partial charge in [0.1, 0.15) is 36.8 Å². The smallest absolute Gasteiger partial charge is 0.390 e. The first-order chi connectivity index (χ1) is 24.4. The average molecular weight is 749 g/mol. The number of halogens is 3. The standard InChI is InChI=1S/C35H59F3N6O8/c1-6-7-8-12-15-26-23(17-35(36,37)38)34(51)44(5)25(16-20(2)3)31(48)43-29(22-13-10-9-11-14-22)33(50)41-24(18-39)30(47)42-28(21(4)45)32(49)40-19-27(46)52-26/h20-26,28-29,45H,6-19,39H2,1-5H3,(H,40,49)(H,41,50)(H,42,47)(H,43,48)/t21?,23-,24+,25+,26-,28+,29+/m1/s1. The summed E-state index contributed by atoms with van der Waals surface area (Å²) in [6.07, 6.45) is -3.60. The van der Waals surface area contributed by atoms with E-state index in [1.165, 1.54) is 14.0 Å². The van der Waals surface area contributed by atoms with Crippen molar-refractivity contribution in [1.82, 2.24) is 26.2 Å². The van der Waals surface area contributed by atoms with Crippen molar-refractivity contribution in [3.63, 3.8) is 0 Å². The van der Waals surface area contributed by atoms with Crippen LogP contribution in [0.2, 0.25) is 0 Å². The minimum absolute atomic E-state index is 0.0351. The van der Waals surface area contributed by atoms with E-state index in [0.29, 0.717) is 25.7 Å². The van der Waals surface area contributed by atoms with Crippen molar-refractivity contribution < 1.29 is 51.8 Å². The molecular weight excluding hydrogens is 689 g/mol. The van der Waals surface area contributed by atoms with E-state index in [4.69, 9.17) is 10.5 Å². The number of nitrogens with two attached hydrogens (primary N) is 1. The lowest BCUT2D eigenvalue weighted by Crippen LogP contribution is -2.62. The molecule has 52 heavy (non-hydrogen) atoms. The van der Waals surface area contributed by atoms with Gasteiger partial charge in [-0.25, -0.2) is 0 Å². The number of aliphatic hydroxyl groups excluding tert-OH is 1. The fourth-order valence-electron chi connectivity index (χ4n) is 6.79. The Labute approximate surface area is 304 Å². The Morgan fingerprint density at radius 3 is 2.12 bits per heavy atom. The summed E-state index contributed by atoms with van der Waals surface area (Å²) in [5, 5.41) is 20.2. The third kappa shape index (κ3) is 14.2. The number of alkyl halides is 3. The number of carbonyl (C=O) groups excluding carboxylic acids is 6. The number of cyclic esters (lactones) is 1. The summed E-state index contributed by atoms with van der Waals surface area (Å²) in [5.41, 5.74) is 5.84. The number of nitrogens with one attached hydrogen (secondary N) is 4. The van der Waals surface area contributed by atoms with Gasteiger partial charge in [0.25, 0.3) is 0 Å². The van der Waals surface area contributed by atoms with Crippen molar-refractivity contribution in [2.75, 3.05) is 20.1 Å². The number of likely N-dealkylation sites (N-methyl/N-ethyl adjacent to an activating group) is 1. The van der Waals surface area contributed by atoms with Crippen molar-refractivity contribution in [1.29, 1.82) is 0 Å². The van der Waals surface area contributed by atoms with Crippen LogP contribution in [0.5, 0.6) is 0 Å². The molecule has 0 aromatic rings. The topological polar surface area (TPSA) is 209 Å². The molecule has 1 aliphatic heterocycles. The fraction of sp³-hybridized carbons (Fsp3) is 0.829. The highest BCUT2D eigenvalue weighted by molar-refractivity contribution is 5.96. The van der Waals surface area contributed by atoms with Crippen molar-refractivity contribution in [3.05, 3.63) is 0 Å². The monoisotopic (exact) mass is 748 g/mol. The number of ether oxygens (including phenoxy) is 1. The molecule has 1 saturated heterocycles. The van der Waals surface area contributed by atoms with Crippen LogP contribution in [0, 0.1) is 17.8 Å². The molecule has 0 spiro atoms. The van der Waals surface area contributed by atoms with Gasteiger partial charge in [0.05, 0.1) is 18.4 Å². The van der Waals surface area contributed by atoms with Crippen molar-refractivity contribution in [2.45, 2.75) is 147 Å². The Hall–Kier alpha value is -3.47. The van der Waals surface area contributed by atoms with Crippen LogP contribution < -0.4 is 27.0 Å². The summed E-state index contributed by atoms with van der Waals surface area (Å²) >= 11 is 0. The Morgan fingerprint density at radius 2 is 1.56 bits per heavy atom. The van der Waals surface area contributed by atoms with Gasteiger partial charge in [0.15, 0.2) is 0 Å². The second kappa shape index (κ2) is 21.3. The summed E-state index contributed by atoms with van der Waals surface area (Å²) in [7, 11) is 1.22. The molecule has 2 fully saturated rings. The molecule has 2 aliphatic rings. The van der Waals surface area contributed by atoms with Crippen LogP contribution >= 0.6 is 0 Å². The molecule has 0 aromatic carbocycles. The normalized spacial score (nSPS) is 27.8. The van der Waals surface area contributed by atoms with Crippen molar-refractivity contribution >= 4 is 35.5 Å². The number of rotatable bonds is 11. The zero-order valence-electron chi connectivity index (χ0n) is 31.1. The molecule has 7 N–H and O–H groups in total. The van der Waals surface area contributed by atoms with E-state index in [2.05, 4.69) is 21.3 Å². The first kappa shape index (κ1) is 44.7. The van der Waals surface area contributed by atoms with Crippen LogP contribution in [0.25, 0.3) is 0 Å². The molecule has 1 aliphatic carbocycles. The van der Waals surface area contributed by atoms with Crippen LogP contribution in [-0.2, 0) is 33.5 Å². The van der Waals surface area contributed by atoms with E-state index in [-0.39, 0.29) is 24.7 Å². The predicted molar refractivity (Wildman–Crippen MR) is 185 cm³/mol. The lowest BCUT2D eigenvalue weighted by molar-refractivity contribution is -0.177. The molecule has 0 aromatic heterocycles. The minimum Gasteiger partial charge on any atom is -0.460 e. The molecule has 17 heteroatoms. The maximum Gasteiger partial charge on any atom is 0.390 e. The maximum atomic E-state index is 14.2. The lowest BCUT2D eigenvalue weighted by atomic mass is 9.83. The molecule has 1 saturated carbocycles. The summed E-state index contributed by atoms with van der Waals surface area (Å²) in [5.74, 6) is -8.19. The highest BCUT2D eigenvalue weighted by Gasteiger charge is 2.45. The molecule has 0 radical (unpaired) electrons. The van der Waals surface area contributed by atoms with Crippen LogP contribution in [0.15, 0.2) is 0 Å². The van der Waals surface area contributed by atoms with Crippen molar-refractivity contribution in [2.24, 2.45) is 23.5 Å². The highest BCUT2D eigenvalue weighted by atomic mass is 19.4. The van der Waals surface area contributed by atoms with E-state index in [0.717, 1.165) is 37.0 Å². The zero-order valence-corrected chi connectivity index (χ0v) is 31.1. The van der Waals surface area contributed by atoms with Gasteiger partial charge >= 0.3 is 12.1 Å². The first-order valence-corrected chi connectivity index (χ1v) is 18.5. The number of esters is 1. The third-order valence-corrected chi connectivity index (χ3v) is 9.69. The Bertz CT molecular complexity index is 1210. The van der Waals surface area contributed by atoms with E-state index < -0.39 is 103 Å². The van der Waals surface area contributed by atoms with E-state index in [1.54, 1.807) is 13.8 Å². The van der Waals surface area contributed by atoms with Crippen LogP contribution in [0.3, 0.4) is 0 Å². The third-order valence-electron chi connectivity index (χ3n) is 9.69. The molecule has 5 amide bonds. The predicted octanol–water partition coefficient (Wildman–Crippen LogP) is 1.81. The second-order valence-corrected chi connectivity index (χ2v) is 14.5. The van der Waals surface area contributed by atoms with Gasteiger partial charge in [-0.3, -0.25) is 28.8 Å². The van der Waals surface area contributed by atoms with Gasteiger partial charge in [-0.15, -0.1) is 0 Å². The van der Waals surface area contributed by atoms with Gasteiger partial charge < -0.3 is 41.7 Å². The molecular formula is C35H59F3N6O8. The SMILES string of the molecule is CCCCCC[C@H]1OC(=O)CNC(=O)[C@H](C(C)O)NC(=O)[C@H](CN)NC(=O)[C@H](C2CCCCC2)NC(=O)[C@H](CC(C)C)N(C)C(=O)[C@@H]1CC(F)(F)F. The Morgan fingerprint density at radius 1 is 0.904 bits per heavy atom. The van der Waals surface area contributed by atoms with Gasteiger partial charge in [-0.05, 0) is 50.9 Å². The maximum absolute atomic E-state index is 14.2. The number of carbonyl (C=O) groups is 6.